The molecule has 0 radical (unpaired) electrons. The molecule has 0 aromatic heterocycles. The molecular formula is C10H17N3O5. The summed E-state index contributed by atoms with van der Waals surface area (Å²) in [6.45, 7) is 1.02. The maximum absolute atomic E-state index is 11.7. The zero-order valence-electron chi connectivity index (χ0n) is 10.1. The van der Waals surface area contributed by atoms with Crippen molar-refractivity contribution in [1.82, 2.24) is 15.5 Å². The maximum Gasteiger partial charge on any atom is 0.334 e. The van der Waals surface area contributed by atoms with E-state index in [2.05, 4.69) is 10.6 Å². The van der Waals surface area contributed by atoms with E-state index in [0.717, 1.165) is 0 Å². The van der Waals surface area contributed by atoms with Gasteiger partial charge in [0.2, 0.25) is 5.91 Å². The van der Waals surface area contributed by atoms with Gasteiger partial charge >= 0.3 is 12.0 Å². The summed E-state index contributed by atoms with van der Waals surface area (Å²) in [4.78, 5) is 35.0. The second-order valence-electron chi connectivity index (χ2n) is 3.84. The molecule has 1 unspecified atom stereocenters. The van der Waals surface area contributed by atoms with Crippen molar-refractivity contribution < 1.29 is 24.2 Å². The molecule has 1 atom stereocenters. The first-order chi connectivity index (χ1) is 8.54. The average molecular weight is 259 g/mol. The number of hydrogen-bond donors (Lipinski definition) is 3. The number of nitrogens with one attached hydrogen (secondary N) is 2. The number of aliphatic carboxylic acids is 1. The van der Waals surface area contributed by atoms with Gasteiger partial charge in [-0.1, -0.05) is 0 Å². The van der Waals surface area contributed by atoms with Crippen LogP contribution in [-0.4, -0.2) is 67.3 Å². The number of nitrogens with zero attached hydrogens (tertiary/aromatic N) is 1. The number of rotatable bonds is 4. The van der Waals surface area contributed by atoms with Crippen LogP contribution in [-0.2, 0) is 14.3 Å². The summed E-state index contributed by atoms with van der Waals surface area (Å²) in [5, 5.41) is 13.8. The van der Waals surface area contributed by atoms with E-state index >= 15 is 0 Å². The molecular weight excluding hydrogens is 242 g/mol. The molecule has 1 aliphatic heterocycles. The van der Waals surface area contributed by atoms with Crippen molar-refractivity contribution in [2.45, 2.75) is 12.5 Å². The van der Waals surface area contributed by atoms with Crippen molar-refractivity contribution in [3.63, 3.8) is 0 Å². The van der Waals surface area contributed by atoms with Crippen LogP contribution in [0.4, 0.5) is 4.79 Å². The Kier molecular flexibility index (Phi) is 5.37. The molecule has 0 spiro atoms. The van der Waals surface area contributed by atoms with Crippen LogP contribution < -0.4 is 10.6 Å². The van der Waals surface area contributed by atoms with Crippen molar-refractivity contribution >= 4 is 17.9 Å². The topological polar surface area (TPSA) is 108 Å². The minimum Gasteiger partial charge on any atom is -0.479 e. The Bertz CT molecular complexity index is 333. The zero-order chi connectivity index (χ0) is 13.5. The van der Waals surface area contributed by atoms with Crippen molar-refractivity contribution in [2.75, 3.05) is 33.3 Å². The molecule has 3 N–H and O–H groups in total. The van der Waals surface area contributed by atoms with Gasteiger partial charge in [-0.3, -0.25) is 4.79 Å². The molecule has 18 heavy (non-hydrogen) atoms. The minimum atomic E-state index is -1.13. The third-order valence-corrected chi connectivity index (χ3v) is 2.60. The molecule has 0 bridgehead atoms. The predicted octanol–water partition coefficient (Wildman–Crippen LogP) is -1.38. The van der Waals surface area contributed by atoms with Crippen LogP contribution >= 0.6 is 0 Å². The summed E-state index contributed by atoms with van der Waals surface area (Å²) in [5.41, 5.74) is 0. The smallest absolute Gasteiger partial charge is 0.334 e. The van der Waals surface area contributed by atoms with Gasteiger partial charge in [0.1, 0.15) is 0 Å². The van der Waals surface area contributed by atoms with Crippen LogP contribution in [0.5, 0.6) is 0 Å². The van der Waals surface area contributed by atoms with Crippen molar-refractivity contribution in [2.24, 2.45) is 0 Å². The largest absolute Gasteiger partial charge is 0.479 e. The minimum absolute atomic E-state index is 0.0920. The molecule has 1 heterocycles. The number of carboxylic acid groups (broad SMARTS) is 1. The van der Waals surface area contributed by atoms with Gasteiger partial charge in [0.05, 0.1) is 6.54 Å². The fourth-order valence-corrected chi connectivity index (χ4v) is 1.53. The van der Waals surface area contributed by atoms with Gasteiger partial charge in [-0.15, -0.1) is 0 Å². The van der Waals surface area contributed by atoms with Crippen LogP contribution in [0.1, 0.15) is 6.42 Å². The van der Waals surface area contributed by atoms with E-state index in [4.69, 9.17) is 9.84 Å². The highest BCUT2D eigenvalue weighted by Crippen LogP contribution is 1.97. The number of methoxy groups -OCH3 is 1. The van der Waals surface area contributed by atoms with Gasteiger partial charge in [0, 0.05) is 33.2 Å². The zero-order valence-corrected chi connectivity index (χ0v) is 10.1. The molecule has 102 valence electrons. The maximum atomic E-state index is 11.7. The first kappa shape index (κ1) is 14.2. The lowest BCUT2D eigenvalue weighted by atomic mass is 10.3. The first-order valence-corrected chi connectivity index (χ1v) is 5.59. The van der Waals surface area contributed by atoms with Crippen molar-refractivity contribution in [3.8, 4) is 0 Å². The summed E-state index contributed by atoms with van der Waals surface area (Å²) in [6.07, 6.45) is -0.819. The molecule has 1 fully saturated rings. The number of carbonyl (C=O) groups excluding carboxylic acids is 2. The van der Waals surface area contributed by atoms with Gasteiger partial charge < -0.3 is 25.4 Å². The quantitative estimate of drug-likeness (QED) is 0.576. The van der Waals surface area contributed by atoms with Crippen LogP contribution in [0.15, 0.2) is 0 Å². The van der Waals surface area contributed by atoms with Gasteiger partial charge in [-0.2, -0.15) is 0 Å². The van der Waals surface area contributed by atoms with Crippen molar-refractivity contribution in [3.05, 3.63) is 0 Å². The first-order valence-electron chi connectivity index (χ1n) is 5.59. The van der Waals surface area contributed by atoms with Crippen molar-refractivity contribution in [1.29, 1.82) is 0 Å². The Hall–Kier alpha value is -1.83. The highest BCUT2D eigenvalue weighted by atomic mass is 16.5. The summed E-state index contributed by atoms with van der Waals surface area (Å²) in [7, 11) is 1.26. The molecule has 8 nitrogen and oxygen atoms in total. The van der Waals surface area contributed by atoms with Gasteiger partial charge in [-0.25, -0.2) is 9.59 Å². The van der Waals surface area contributed by atoms with E-state index in [1.54, 1.807) is 0 Å². The van der Waals surface area contributed by atoms with Crippen LogP contribution in [0, 0.1) is 0 Å². The molecule has 8 heteroatoms. The third kappa shape index (κ3) is 4.21. The number of carboxylic acids is 1. The van der Waals surface area contributed by atoms with Crippen LogP contribution in [0.25, 0.3) is 0 Å². The number of ether oxygens (including phenoxy) is 1. The fourth-order valence-electron chi connectivity index (χ4n) is 1.53. The van der Waals surface area contributed by atoms with Crippen LogP contribution in [0.3, 0.4) is 0 Å². The summed E-state index contributed by atoms with van der Waals surface area (Å²) >= 11 is 0. The SMILES string of the molecule is COC(CNC(=O)N1CCNC(=O)CC1)C(=O)O. The van der Waals surface area contributed by atoms with E-state index in [-0.39, 0.29) is 18.9 Å². The average Bonchev–Trinajstić information content (AvgIpc) is 2.54. The highest BCUT2D eigenvalue weighted by molar-refractivity contribution is 5.80. The Morgan fingerprint density at radius 3 is 2.89 bits per heavy atom. The highest BCUT2D eigenvalue weighted by Gasteiger charge is 2.21. The lowest BCUT2D eigenvalue weighted by Gasteiger charge is -2.21. The molecule has 0 aliphatic carbocycles. The summed E-state index contributed by atoms with van der Waals surface area (Å²) < 4.78 is 4.69. The third-order valence-electron chi connectivity index (χ3n) is 2.60. The molecule has 3 amide bonds. The number of carbonyl (C=O) groups is 3. The monoisotopic (exact) mass is 259 g/mol. The molecule has 1 saturated heterocycles. The van der Waals surface area contributed by atoms with Gasteiger partial charge in [0.15, 0.2) is 6.10 Å². The molecule has 0 aromatic carbocycles. The second kappa shape index (κ2) is 6.80. The van der Waals surface area contributed by atoms with Crippen LogP contribution in [0.2, 0.25) is 0 Å². The Morgan fingerprint density at radius 1 is 1.56 bits per heavy atom. The lowest BCUT2D eigenvalue weighted by Crippen LogP contribution is -2.46. The fraction of sp³-hybridized carbons (Fsp3) is 0.700. The molecule has 1 aliphatic rings. The van der Waals surface area contributed by atoms with Gasteiger partial charge in [0.25, 0.3) is 0 Å². The summed E-state index contributed by atoms with van der Waals surface area (Å²) in [5.74, 6) is -1.23. The number of hydrogen-bond acceptors (Lipinski definition) is 4. The molecule has 0 saturated carbocycles. The Morgan fingerprint density at radius 2 is 2.28 bits per heavy atom. The van der Waals surface area contributed by atoms with Gasteiger partial charge in [-0.05, 0) is 0 Å². The Labute approximate surface area is 104 Å². The standard InChI is InChI=1S/C10H17N3O5/c1-18-7(9(15)16)6-12-10(17)13-4-2-8(14)11-3-5-13/h7H,2-6H2,1H3,(H,11,14)(H,12,17)(H,15,16). The lowest BCUT2D eigenvalue weighted by molar-refractivity contribution is -0.148. The number of amides is 3. The normalized spacial score (nSPS) is 17.6. The van der Waals surface area contributed by atoms with E-state index < -0.39 is 18.1 Å². The Balaban J connectivity index is 2.40. The molecule has 0 aromatic rings. The van der Waals surface area contributed by atoms with E-state index in [0.29, 0.717) is 19.6 Å². The van der Waals surface area contributed by atoms with E-state index in [9.17, 15) is 14.4 Å². The molecule has 1 rings (SSSR count). The predicted molar refractivity (Wildman–Crippen MR) is 61.0 cm³/mol. The summed E-state index contributed by atoms with van der Waals surface area (Å²) in [6, 6.07) is -0.394. The number of urea groups is 1. The second-order valence-corrected chi connectivity index (χ2v) is 3.84. The van der Waals surface area contributed by atoms with E-state index in [1.165, 1.54) is 12.0 Å². The van der Waals surface area contributed by atoms with E-state index in [1.807, 2.05) is 0 Å².